The topological polar surface area (TPSA) is 93.7 Å². The van der Waals surface area contributed by atoms with E-state index < -0.39 is 23.6 Å². The summed E-state index contributed by atoms with van der Waals surface area (Å²) in [6.07, 6.45) is -0.0483. The molecule has 2 rings (SSSR count). The number of rotatable bonds is 9. The van der Waals surface area contributed by atoms with Crippen molar-refractivity contribution in [3.63, 3.8) is 0 Å². The molecule has 2 aromatic carbocycles. The van der Waals surface area contributed by atoms with Gasteiger partial charge in [-0.15, -0.1) is 0 Å². The molecule has 0 unspecified atom stereocenters. The van der Waals surface area contributed by atoms with Gasteiger partial charge in [-0.3, -0.25) is 9.59 Å². The van der Waals surface area contributed by atoms with Gasteiger partial charge in [-0.05, 0) is 38.3 Å². The minimum Gasteiger partial charge on any atom is -0.456 e. The number of nitrogens with one attached hydrogen (secondary N) is 2. The monoisotopic (exact) mass is 426 g/mol. The van der Waals surface area contributed by atoms with Gasteiger partial charge >= 0.3 is 12.1 Å². The number of carbonyl (C=O) groups is 3. The van der Waals surface area contributed by atoms with Gasteiger partial charge in [0, 0.05) is 6.54 Å². The van der Waals surface area contributed by atoms with E-state index in [1.807, 2.05) is 60.7 Å². The Morgan fingerprint density at radius 1 is 0.935 bits per heavy atom. The molecular formula is C24H30N2O5. The number of amides is 2. The molecule has 0 aromatic heterocycles. The van der Waals surface area contributed by atoms with E-state index in [9.17, 15) is 14.4 Å². The summed E-state index contributed by atoms with van der Waals surface area (Å²) >= 11 is 0. The Bertz CT molecular complexity index is 847. The van der Waals surface area contributed by atoms with Gasteiger partial charge in [-0.2, -0.15) is 0 Å². The molecule has 7 heteroatoms. The van der Waals surface area contributed by atoms with Gasteiger partial charge in [-0.25, -0.2) is 4.79 Å². The Hall–Kier alpha value is -3.35. The maximum atomic E-state index is 12.4. The summed E-state index contributed by atoms with van der Waals surface area (Å²) in [4.78, 5) is 35.8. The molecular weight excluding hydrogens is 396 g/mol. The minimum absolute atomic E-state index is 0.0569. The first kappa shape index (κ1) is 23.9. The maximum Gasteiger partial charge on any atom is 0.407 e. The summed E-state index contributed by atoms with van der Waals surface area (Å²) in [5, 5.41) is 5.41. The van der Waals surface area contributed by atoms with Crippen molar-refractivity contribution >= 4 is 18.0 Å². The summed E-state index contributed by atoms with van der Waals surface area (Å²) in [5.41, 5.74) is 1.44. The molecule has 0 bridgehead atoms. The van der Waals surface area contributed by atoms with Crippen LogP contribution in [0.1, 0.15) is 44.4 Å². The van der Waals surface area contributed by atoms with Crippen molar-refractivity contribution in [3.05, 3.63) is 71.8 Å². The van der Waals surface area contributed by atoms with E-state index in [1.54, 1.807) is 20.8 Å². The third kappa shape index (κ3) is 9.80. The first-order valence-corrected chi connectivity index (χ1v) is 10.2. The second-order valence-electron chi connectivity index (χ2n) is 8.06. The number of benzene rings is 2. The van der Waals surface area contributed by atoms with E-state index in [4.69, 9.17) is 9.47 Å². The fraction of sp³-hybridized carbons (Fsp3) is 0.375. The van der Waals surface area contributed by atoms with Crippen LogP contribution in [0.2, 0.25) is 0 Å². The van der Waals surface area contributed by atoms with Crippen LogP contribution in [0.25, 0.3) is 0 Å². The van der Waals surface area contributed by atoms with Crippen LogP contribution in [0.4, 0.5) is 4.79 Å². The highest BCUT2D eigenvalue weighted by Gasteiger charge is 2.18. The zero-order chi connectivity index (χ0) is 22.7. The van der Waals surface area contributed by atoms with Crippen molar-refractivity contribution in [2.75, 3.05) is 13.2 Å². The number of alkyl carbamates (subject to hydrolysis) is 1. The molecule has 0 aliphatic heterocycles. The van der Waals surface area contributed by atoms with Gasteiger partial charge in [0.2, 0.25) is 0 Å². The fourth-order valence-corrected chi connectivity index (χ4v) is 2.82. The highest BCUT2D eigenvalue weighted by atomic mass is 16.6. The summed E-state index contributed by atoms with van der Waals surface area (Å²) in [6, 6.07) is 19.2. The zero-order valence-electron chi connectivity index (χ0n) is 18.2. The standard InChI is InChI=1S/C24H30N2O5/c1-24(2,3)31-23(29)25-15-14-22(28)30-17-21(27)26-20(19-12-8-5-9-13-19)16-18-10-6-4-7-11-18/h4-13,20H,14-17H2,1-3H3,(H,25,29)(H,26,27)/t20-/m0/s1. The Morgan fingerprint density at radius 3 is 2.16 bits per heavy atom. The number of carbonyl (C=O) groups excluding carboxylic acids is 3. The summed E-state index contributed by atoms with van der Waals surface area (Å²) < 4.78 is 10.1. The van der Waals surface area contributed by atoms with Crippen molar-refractivity contribution in [2.45, 2.75) is 45.3 Å². The first-order chi connectivity index (χ1) is 14.7. The lowest BCUT2D eigenvalue weighted by Crippen LogP contribution is -2.35. The van der Waals surface area contributed by atoms with Gasteiger partial charge in [0.25, 0.3) is 5.91 Å². The molecule has 0 aliphatic carbocycles. The normalized spacial score (nSPS) is 11.8. The molecule has 0 aliphatic rings. The average molecular weight is 427 g/mol. The van der Waals surface area contributed by atoms with Gasteiger partial charge in [0.1, 0.15) is 5.60 Å². The Balaban J connectivity index is 1.80. The molecule has 2 amide bonds. The average Bonchev–Trinajstić information content (AvgIpc) is 2.72. The molecule has 166 valence electrons. The molecule has 2 N–H and O–H groups in total. The molecule has 31 heavy (non-hydrogen) atoms. The van der Waals surface area contributed by atoms with E-state index in [0.29, 0.717) is 6.42 Å². The SMILES string of the molecule is CC(C)(C)OC(=O)NCCC(=O)OCC(=O)N[C@@H](Cc1ccccc1)c1ccccc1. The smallest absolute Gasteiger partial charge is 0.407 e. The van der Waals surface area contributed by atoms with Crippen molar-refractivity contribution in [3.8, 4) is 0 Å². The Morgan fingerprint density at radius 2 is 1.55 bits per heavy atom. The molecule has 1 atom stereocenters. The number of hydrogen-bond donors (Lipinski definition) is 2. The largest absolute Gasteiger partial charge is 0.456 e. The molecule has 2 aromatic rings. The number of ether oxygens (including phenoxy) is 2. The zero-order valence-corrected chi connectivity index (χ0v) is 18.2. The van der Waals surface area contributed by atoms with Crippen LogP contribution in [0, 0.1) is 0 Å². The molecule has 0 saturated heterocycles. The van der Waals surface area contributed by atoms with Crippen LogP contribution in [0.3, 0.4) is 0 Å². The second-order valence-corrected chi connectivity index (χ2v) is 8.06. The number of esters is 1. The van der Waals surface area contributed by atoms with Crippen LogP contribution in [-0.2, 0) is 25.5 Å². The predicted molar refractivity (Wildman–Crippen MR) is 117 cm³/mol. The fourth-order valence-electron chi connectivity index (χ4n) is 2.82. The van der Waals surface area contributed by atoms with Gasteiger partial charge in [-0.1, -0.05) is 60.7 Å². The molecule has 0 heterocycles. The first-order valence-electron chi connectivity index (χ1n) is 10.2. The van der Waals surface area contributed by atoms with E-state index in [0.717, 1.165) is 11.1 Å². The van der Waals surface area contributed by atoms with Crippen LogP contribution < -0.4 is 10.6 Å². The van der Waals surface area contributed by atoms with Crippen molar-refractivity contribution < 1.29 is 23.9 Å². The van der Waals surface area contributed by atoms with Crippen molar-refractivity contribution in [1.82, 2.24) is 10.6 Å². The summed E-state index contributed by atoms with van der Waals surface area (Å²) in [6.45, 7) is 4.93. The highest BCUT2D eigenvalue weighted by Crippen LogP contribution is 2.18. The minimum atomic E-state index is -0.613. The van der Waals surface area contributed by atoms with E-state index >= 15 is 0 Å². The van der Waals surface area contributed by atoms with Crippen molar-refractivity contribution in [1.29, 1.82) is 0 Å². The number of hydrogen-bond acceptors (Lipinski definition) is 5. The lowest BCUT2D eigenvalue weighted by molar-refractivity contribution is -0.148. The summed E-state index contributed by atoms with van der Waals surface area (Å²) in [7, 11) is 0. The van der Waals surface area contributed by atoms with Gasteiger partial charge in [0.05, 0.1) is 12.5 Å². The molecule has 0 radical (unpaired) electrons. The Labute approximate surface area is 183 Å². The quantitative estimate of drug-likeness (QED) is 0.598. The van der Waals surface area contributed by atoms with Crippen LogP contribution in [-0.4, -0.2) is 36.7 Å². The molecule has 7 nitrogen and oxygen atoms in total. The predicted octanol–water partition coefficient (Wildman–Crippen LogP) is 3.54. The summed E-state index contributed by atoms with van der Waals surface area (Å²) in [5.74, 6) is -0.969. The lowest BCUT2D eigenvalue weighted by Gasteiger charge is -2.20. The van der Waals surface area contributed by atoms with Crippen LogP contribution >= 0.6 is 0 Å². The van der Waals surface area contributed by atoms with Crippen molar-refractivity contribution in [2.24, 2.45) is 0 Å². The van der Waals surface area contributed by atoms with E-state index in [1.165, 1.54) is 0 Å². The van der Waals surface area contributed by atoms with Crippen LogP contribution in [0.15, 0.2) is 60.7 Å². The molecule has 0 saturated carbocycles. The van der Waals surface area contributed by atoms with E-state index in [-0.39, 0.29) is 25.6 Å². The van der Waals surface area contributed by atoms with Gasteiger partial charge in [0.15, 0.2) is 6.61 Å². The Kier molecular flexibility index (Phi) is 9.06. The lowest BCUT2D eigenvalue weighted by atomic mass is 9.99. The maximum absolute atomic E-state index is 12.4. The van der Waals surface area contributed by atoms with Crippen LogP contribution in [0.5, 0.6) is 0 Å². The second kappa shape index (κ2) is 11.7. The molecule has 0 fully saturated rings. The highest BCUT2D eigenvalue weighted by molar-refractivity contribution is 5.81. The third-order valence-electron chi connectivity index (χ3n) is 4.18. The molecule has 0 spiro atoms. The third-order valence-corrected chi connectivity index (χ3v) is 4.18. The van der Waals surface area contributed by atoms with E-state index in [2.05, 4.69) is 10.6 Å². The van der Waals surface area contributed by atoms with Gasteiger partial charge < -0.3 is 20.1 Å².